The summed E-state index contributed by atoms with van der Waals surface area (Å²) in [5.41, 5.74) is 2.53. The monoisotopic (exact) mass is 302 g/mol. The Morgan fingerprint density at radius 1 is 1.48 bits per heavy atom. The molecule has 0 aliphatic heterocycles. The number of nitrogens with zero attached hydrogens (tertiary/aromatic N) is 2. The number of nitriles is 1. The molecular weight excluding hydrogens is 280 g/mol. The Morgan fingerprint density at radius 3 is 2.81 bits per heavy atom. The molecule has 0 aromatic heterocycles. The van der Waals surface area contributed by atoms with Crippen LogP contribution in [0.1, 0.15) is 50.7 Å². The van der Waals surface area contributed by atoms with Gasteiger partial charge in [-0.15, -0.1) is 11.8 Å². The first-order valence-electron chi connectivity index (χ1n) is 7.52. The fraction of sp³-hybridized carbons (Fsp3) is 0.529. The summed E-state index contributed by atoms with van der Waals surface area (Å²) < 4.78 is 0. The van der Waals surface area contributed by atoms with E-state index in [1.807, 2.05) is 6.07 Å². The lowest BCUT2D eigenvalue weighted by molar-refractivity contribution is 0.134. The Morgan fingerprint density at radius 2 is 2.24 bits per heavy atom. The predicted molar refractivity (Wildman–Crippen MR) is 87.8 cm³/mol. The van der Waals surface area contributed by atoms with Crippen molar-refractivity contribution < 1.29 is 4.84 Å². The summed E-state index contributed by atoms with van der Waals surface area (Å²) in [6.45, 7) is 7.14. The molecule has 1 aromatic carbocycles. The van der Waals surface area contributed by atoms with Crippen LogP contribution < -0.4 is 0 Å². The summed E-state index contributed by atoms with van der Waals surface area (Å²) in [5.74, 6) is 2.13. The maximum absolute atomic E-state index is 9.29. The van der Waals surface area contributed by atoms with Crippen LogP contribution in [-0.2, 0) is 4.84 Å². The smallest absolute Gasteiger partial charge is 0.186 e. The van der Waals surface area contributed by atoms with Crippen LogP contribution in [0.4, 0.5) is 0 Å². The van der Waals surface area contributed by atoms with Gasteiger partial charge in [0.05, 0.1) is 0 Å². The molecule has 112 valence electrons. The third-order valence-corrected chi connectivity index (χ3v) is 4.43. The summed E-state index contributed by atoms with van der Waals surface area (Å²) in [4.78, 5) is 6.53. The molecule has 0 heterocycles. The lowest BCUT2D eigenvalue weighted by Crippen LogP contribution is -2.02. The number of oxime groups is 1. The van der Waals surface area contributed by atoms with E-state index < -0.39 is 0 Å². The second kappa shape index (κ2) is 7.51. The van der Waals surface area contributed by atoms with Gasteiger partial charge in [-0.2, -0.15) is 5.26 Å². The van der Waals surface area contributed by atoms with Gasteiger partial charge in [0.1, 0.15) is 12.7 Å². The first kappa shape index (κ1) is 15.9. The predicted octanol–water partition coefficient (Wildman–Crippen LogP) is 4.58. The average Bonchev–Trinajstić information content (AvgIpc) is 3.28. The zero-order valence-corrected chi connectivity index (χ0v) is 13.7. The molecule has 0 spiro atoms. The molecule has 1 fully saturated rings. The Kier molecular flexibility index (Phi) is 5.69. The quantitative estimate of drug-likeness (QED) is 0.421. The topological polar surface area (TPSA) is 45.4 Å². The molecule has 0 amide bonds. The van der Waals surface area contributed by atoms with Crippen molar-refractivity contribution in [2.75, 3.05) is 12.4 Å². The lowest BCUT2D eigenvalue weighted by Gasteiger charge is -2.13. The molecular formula is C17H22N2OS. The highest BCUT2D eigenvalue weighted by molar-refractivity contribution is 7.99. The highest BCUT2D eigenvalue weighted by Gasteiger charge is 2.22. The highest BCUT2D eigenvalue weighted by atomic mass is 32.2. The molecule has 0 unspecified atom stereocenters. The maximum Gasteiger partial charge on any atom is 0.186 e. The van der Waals surface area contributed by atoms with Crippen molar-refractivity contribution in [3.8, 4) is 6.07 Å². The van der Waals surface area contributed by atoms with Crippen molar-refractivity contribution in [3.63, 3.8) is 0 Å². The Labute approximate surface area is 131 Å². The summed E-state index contributed by atoms with van der Waals surface area (Å²) in [7, 11) is 0. The van der Waals surface area contributed by atoms with E-state index in [1.54, 1.807) is 11.8 Å². The summed E-state index contributed by atoms with van der Waals surface area (Å²) in [6.07, 6.45) is 2.44. The number of benzene rings is 1. The fourth-order valence-electron chi connectivity index (χ4n) is 2.07. The van der Waals surface area contributed by atoms with Crippen LogP contribution in [0.5, 0.6) is 0 Å². The van der Waals surface area contributed by atoms with Gasteiger partial charge < -0.3 is 4.84 Å². The second-order valence-electron chi connectivity index (χ2n) is 5.63. The van der Waals surface area contributed by atoms with E-state index in [0.29, 0.717) is 24.2 Å². The van der Waals surface area contributed by atoms with Crippen LogP contribution in [0.3, 0.4) is 0 Å². The molecule has 0 radical (unpaired) electrons. The Balaban J connectivity index is 2.19. The van der Waals surface area contributed by atoms with E-state index in [2.05, 4.69) is 44.1 Å². The molecule has 0 saturated heterocycles. The first-order chi connectivity index (χ1) is 10.2. The minimum Gasteiger partial charge on any atom is -0.394 e. The van der Waals surface area contributed by atoms with Gasteiger partial charge in [0.15, 0.2) is 5.71 Å². The largest absolute Gasteiger partial charge is 0.394 e. The van der Waals surface area contributed by atoms with E-state index in [-0.39, 0.29) is 0 Å². The van der Waals surface area contributed by atoms with Gasteiger partial charge in [-0.1, -0.05) is 38.1 Å². The van der Waals surface area contributed by atoms with Gasteiger partial charge in [0.25, 0.3) is 0 Å². The summed E-state index contributed by atoms with van der Waals surface area (Å²) in [6, 6.07) is 8.28. The standard InChI is InChI=1S/C17H22N2OS/c1-4-21-17-9-14(7-8-15(17)12(2)3)16(10-18)19-20-11-13-5-6-13/h7-9,12-13H,4-6,11H2,1-3H3/b19-16+. The maximum atomic E-state index is 9.29. The number of hydrogen-bond donors (Lipinski definition) is 0. The van der Waals surface area contributed by atoms with E-state index in [0.717, 1.165) is 11.3 Å². The molecule has 0 bridgehead atoms. The van der Waals surface area contributed by atoms with Crippen molar-refractivity contribution in [2.45, 2.75) is 44.4 Å². The van der Waals surface area contributed by atoms with Gasteiger partial charge in [0.2, 0.25) is 0 Å². The molecule has 0 N–H and O–H groups in total. The van der Waals surface area contributed by atoms with E-state index >= 15 is 0 Å². The van der Waals surface area contributed by atoms with Crippen LogP contribution in [-0.4, -0.2) is 18.1 Å². The average molecular weight is 302 g/mol. The fourth-order valence-corrected chi connectivity index (χ4v) is 3.06. The second-order valence-corrected chi connectivity index (χ2v) is 6.94. The van der Waals surface area contributed by atoms with Crippen LogP contribution in [0.25, 0.3) is 0 Å². The molecule has 21 heavy (non-hydrogen) atoms. The molecule has 4 heteroatoms. The van der Waals surface area contributed by atoms with Crippen LogP contribution in [0.2, 0.25) is 0 Å². The molecule has 1 aromatic rings. The van der Waals surface area contributed by atoms with Crippen LogP contribution in [0.15, 0.2) is 28.3 Å². The normalized spacial score (nSPS) is 15.1. The van der Waals surface area contributed by atoms with E-state index in [1.165, 1.54) is 23.3 Å². The molecule has 1 aliphatic carbocycles. The minimum atomic E-state index is 0.365. The van der Waals surface area contributed by atoms with Crippen LogP contribution in [0, 0.1) is 17.2 Å². The third kappa shape index (κ3) is 4.50. The molecule has 0 atom stereocenters. The van der Waals surface area contributed by atoms with E-state index in [9.17, 15) is 5.26 Å². The van der Waals surface area contributed by atoms with Crippen molar-refractivity contribution in [3.05, 3.63) is 29.3 Å². The summed E-state index contributed by atoms with van der Waals surface area (Å²) in [5, 5.41) is 13.3. The molecule has 1 aliphatic rings. The highest BCUT2D eigenvalue weighted by Crippen LogP contribution is 2.30. The molecule has 1 saturated carbocycles. The zero-order chi connectivity index (χ0) is 15.2. The zero-order valence-electron chi connectivity index (χ0n) is 12.9. The molecule has 3 nitrogen and oxygen atoms in total. The number of rotatable bonds is 7. The summed E-state index contributed by atoms with van der Waals surface area (Å²) >= 11 is 1.81. The van der Waals surface area contributed by atoms with Gasteiger partial charge in [-0.3, -0.25) is 0 Å². The number of thioether (sulfide) groups is 1. The Hall–Kier alpha value is -1.47. The van der Waals surface area contributed by atoms with Gasteiger partial charge in [-0.25, -0.2) is 0 Å². The SMILES string of the molecule is CCSc1cc(/C(C#N)=N/OCC2CC2)ccc1C(C)C. The van der Waals surface area contributed by atoms with Gasteiger partial charge >= 0.3 is 0 Å². The van der Waals surface area contributed by atoms with Crippen molar-refractivity contribution in [1.29, 1.82) is 5.26 Å². The number of hydrogen-bond acceptors (Lipinski definition) is 4. The van der Waals surface area contributed by atoms with Gasteiger partial charge in [-0.05, 0) is 42.1 Å². The minimum absolute atomic E-state index is 0.365. The lowest BCUT2D eigenvalue weighted by atomic mass is 10.0. The molecule has 2 rings (SSSR count). The third-order valence-electron chi connectivity index (χ3n) is 3.48. The first-order valence-corrected chi connectivity index (χ1v) is 8.51. The Bertz CT molecular complexity index is 556. The van der Waals surface area contributed by atoms with E-state index in [4.69, 9.17) is 4.84 Å². The van der Waals surface area contributed by atoms with Crippen molar-refractivity contribution in [2.24, 2.45) is 11.1 Å². The van der Waals surface area contributed by atoms with Crippen LogP contribution >= 0.6 is 11.8 Å². The van der Waals surface area contributed by atoms with Gasteiger partial charge in [0, 0.05) is 10.5 Å². The van der Waals surface area contributed by atoms with Crippen molar-refractivity contribution in [1.82, 2.24) is 0 Å². The van der Waals surface area contributed by atoms with Crippen molar-refractivity contribution >= 4 is 17.5 Å².